The molecule has 0 fully saturated rings. The molecule has 0 spiro atoms. The number of imidazole rings is 1. The van der Waals surface area contributed by atoms with Gasteiger partial charge in [-0.25, -0.2) is 4.98 Å². The molecule has 1 N–H and O–H groups in total. The van der Waals surface area contributed by atoms with E-state index in [1.54, 1.807) is 26.2 Å². The second kappa shape index (κ2) is 6.43. The van der Waals surface area contributed by atoms with Crippen LogP contribution in [0.25, 0.3) is 11.5 Å². The molecule has 7 heteroatoms. The Bertz CT molecular complexity index is 788. The van der Waals surface area contributed by atoms with Gasteiger partial charge in [0.05, 0.1) is 5.69 Å². The Kier molecular flexibility index (Phi) is 4.18. The first-order valence-electron chi connectivity index (χ1n) is 7.30. The van der Waals surface area contributed by atoms with Crippen molar-refractivity contribution in [2.24, 2.45) is 0 Å². The van der Waals surface area contributed by atoms with Crippen LogP contribution in [0.1, 0.15) is 21.8 Å². The van der Waals surface area contributed by atoms with Crippen LogP contribution in [0.4, 0.5) is 0 Å². The predicted molar refractivity (Wildman–Crippen MR) is 83.8 cm³/mol. The largest absolute Gasteiger partial charge is 0.361 e. The third kappa shape index (κ3) is 3.13. The highest BCUT2D eigenvalue weighted by atomic mass is 16.5. The lowest BCUT2D eigenvalue weighted by atomic mass is 10.2. The number of hydrogen-bond acceptors (Lipinski definition) is 5. The Hall–Kier alpha value is -2.96. The van der Waals surface area contributed by atoms with E-state index < -0.39 is 0 Å². The molecular weight excluding hydrogens is 294 g/mol. The highest BCUT2D eigenvalue weighted by Gasteiger charge is 2.17. The van der Waals surface area contributed by atoms with Crippen molar-refractivity contribution >= 4 is 5.91 Å². The first-order valence-corrected chi connectivity index (χ1v) is 7.30. The Morgan fingerprint density at radius 3 is 2.83 bits per heavy atom. The predicted octanol–water partition coefficient (Wildman–Crippen LogP) is 1.98. The molecule has 23 heavy (non-hydrogen) atoms. The zero-order chi connectivity index (χ0) is 16.2. The molecule has 0 bridgehead atoms. The summed E-state index contributed by atoms with van der Waals surface area (Å²) in [5.41, 5.74) is 1.90. The van der Waals surface area contributed by atoms with Gasteiger partial charge >= 0.3 is 0 Å². The van der Waals surface area contributed by atoms with Gasteiger partial charge in [0.25, 0.3) is 5.91 Å². The van der Waals surface area contributed by atoms with E-state index in [9.17, 15) is 4.79 Å². The Labute approximate surface area is 133 Å². The fourth-order valence-corrected chi connectivity index (χ4v) is 2.40. The van der Waals surface area contributed by atoms with E-state index in [1.807, 2.05) is 29.0 Å². The minimum absolute atomic E-state index is 0.180. The minimum atomic E-state index is -0.180. The molecule has 0 aromatic carbocycles. The smallest absolute Gasteiger partial charge is 0.256 e. The highest BCUT2D eigenvalue weighted by Crippen LogP contribution is 2.14. The molecule has 3 heterocycles. The van der Waals surface area contributed by atoms with Gasteiger partial charge in [-0.05, 0) is 26.0 Å². The quantitative estimate of drug-likeness (QED) is 0.778. The van der Waals surface area contributed by atoms with Crippen LogP contribution in [0.2, 0.25) is 0 Å². The van der Waals surface area contributed by atoms with Crippen LogP contribution in [-0.2, 0) is 6.54 Å². The van der Waals surface area contributed by atoms with Crippen molar-refractivity contribution in [3.05, 3.63) is 53.8 Å². The lowest BCUT2D eigenvalue weighted by Gasteiger charge is -2.08. The maximum absolute atomic E-state index is 12.2. The molecule has 0 atom stereocenters. The van der Waals surface area contributed by atoms with Crippen molar-refractivity contribution in [2.45, 2.75) is 20.4 Å². The van der Waals surface area contributed by atoms with E-state index >= 15 is 0 Å². The third-order valence-corrected chi connectivity index (χ3v) is 3.51. The number of rotatable bonds is 5. The number of amides is 1. The first-order chi connectivity index (χ1) is 11.2. The SMILES string of the molecule is Cc1noc(C)c1C(=O)NCCn1ccnc1-c1ccccn1. The normalized spacial score (nSPS) is 10.7. The lowest BCUT2D eigenvalue weighted by molar-refractivity contribution is 0.0950. The van der Waals surface area contributed by atoms with E-state index in [4.69, 9.17) is 4.52 Å². The van der Waals surface area contributed by atoms with Gasteiger partial charge in [-0.3, -0.25) is 9.78 Å². The number of pyridine rings is 1. The Morgan fingerprint density at radius 2 is 2.13 bits per heavy atom. The number of hydrogen-bond donors (Lipinski definition) is 1. The monoisotopic (exact) mass is 311 g/mol. The van der Waals surface area contributed by atoms with Gasteiger partial charge in [0, 0.05) is 31.7 Å². The van der Waals surface area contributed by atoms with E-state index in [0.29, 0.717) is 30.1 Å². The van der Waals surface area contributed by atoms with Gasteiger partial charge < -0.3 is 14.4 Å². The molecule has 0 saturated heterocycles. The highest BCUT2D eigenvalue weighted by molar-refractivity contribution is 5.96. The maximum Gasteiger partial charge on any atom is 0.256 e. The van der Waals surface area contributed by atoms with Gasteiger partial charge in [0.2, 0.25) is 0 Å². The fourth-order valence-electron chi connectivity index (χ4n) is 2.40. The molecule has 3 aromatic rings. The summed E-state index contributed by atoms with van der Waals surface area (Å²) in [6.07, 6.45) is 5.32. The van der Waals surface area contributed by atoms with Crippen molar-refractivity contribution in [1.29, 1.82) is 0 Å². The summed E-state index contributed by atoms with van der Waals surface area (Å²) in [5.74, 6) is 1.12. The first kappa shape index (κ1) is 15.0. The molecule has 1 amide bonds. The molecule has 118 valence electrons. The van der Waals surface area contributed by atoms with Crippen LogP contribution in [0.3, 0.4) is 0 Å². The van der Waals surface area contributed by atoms with Crippen molar-refractivity contribution in [3.63, 3.8) is 0 Å². The summed E-state index contributed by atoms with van der Waals surface area (Å²) in [7, 11) is 0. The topological polar surface area (TPSA) is 85.8 Å². The standard InChI is InChI=1S/C16H17N5O2/c1-11-14(12(2)23-20-11)16(22)19-8-10-21-9-7-18-15(21)13-5-3-4-6-17-13/h3-7,9H,8,10H2,1-2H3,(H,19,22). The van der Waals surface area contributed by atoms with Gasteiger partial charge in [0.1, 0.15) is 17.0 Å². The van der Waals surface area contributed by atoms with E-state index in [-0.39, 0.29) is 5.91 Å². The van der Waals surface area contributed by atoms with Crippen molar-refractivity contribution in [1.82, 2.24) is 25.0 Å². The van der Waals surface area contributed by atoms with Crippen LogP contribution in [0.5, 0.6) is 0 Å². The molecule has 3 rings (SSSR count). The van der Waals surface area contributed by atoms with Crippen LogP contribution >= 0.6 is 0 Å². The molecular formula is C16H17N5O2. The summed E-state index contributed by atoms with van der Waals surface area (Å²) >= 11 is 0. The van der Waals surface area contributed by atoms with Gasteiger partial charge in [-0.1, -0.05) is 11.2 Å². The van der Waals surface area contributed by atoms with E-state index in [0.717, 1.165) is 11.5 Å². The molecule has 0 aliphatic carbocycles. The second-order valence-electron chi connectivity index (χ2n) is 5.11. The lowest BCUT2D eigenvalue weighted by Crippen LogP contribution is -2.28. The average molecular weight is 311 g/mol. The number of nitrogens with zero attached hydrogens (tertiary/aromatic N) is 4. The van der Waals surface area contributed by atoms with E-state index in [2.05, 4.69) is 20.4 Å². The molecule has 3 aromatic heterocycles. The number of aromatic nitrogens is 4. The van der Waals surface area contributed by atoms with Crippen LogP contribution in [-0.4, -0.2) is 32.1 Å². The summed E-state index contributed by atoms with van der Waals surface area (Å²) in [4.78, 5) is 20.8. The number of carbonyl (C=O) groups excluding carboxylic acids is 1. The number of carbonyl (C=O) groups is 1. The Balaban J connectivity index is 1.64. The molecule has 0 unspecified atom stereocenters. The minimum Gasteiger partial charge on any atom is -0.361 e. The third-order valence-electron chi connectivity index (χ3n) is 3.51. The number of aryl methyl sites for hydroxylation is 2. The molecule has 0 radical (unpaired) electrons. The molecule has 7 nitrogen and oxygen atoms in total. The van der Waals surface area contributed by atoms with Gasteiger partial charge in [-0.15, -0.1) is 0 Å². The summed E-state index contributed by atoms with van der Waals surface area (Å²) in [6, 6.07) is 5.68. The van der Waals surface area contributed by atoms with Crippen LogP contribution in [0.15, 0.2) is 41.3 Å². The number of nitrogens with one attached hydrogen (secondary N) is 1. The summed E-state index contributed by atoms with van der Waals surface area (Å²) in [6.45, 7) is 4.55. The summed E-state index contributed by atoms with van der Waals surface area (Å²) in [5, 5.41) is 6.67. The molecule has 0 saturated carbocycles. The van der Waals surface area contributed by atoms with Crippen LogP contribution in [0, 0.1) is 13.8 Å². The van der Waals surface area contributed by atoms with Gasteiger partial charge in [-0.2, -0.15) is 0 Å². The van der Waals surface area contributed by atoms with Crippen molar-refractivity contribution < 1.29 is 9.32 Å². The van der Waals surface area contributed by atoms with Crippen molar-refractivity contribution in [3.8, 4) is 11.5 Å². The average Bonchev–Trinajstić information content (AvgIpc) is 3.15. The van der Waals surface area contributed by atoms with Gasteiger partial charge in [0.15, 0.2) is 5.82 Å². The zero-order valence-corrected chi connectivity index (χ0v) is 13.0. The van der Waals surface area contributed by atoms with Crippen molar-refractivity contribution in [2.75, 3.05) is 6.54 Å². The maximum atomic E-state index is 12.2. The van der Waals surface area contributed by atoms with E-state index in [1.165, 1.54) is 0 Å². The second-order valence-corrected chi connectivity index (χ2v) is 5.11. The Morgan fingerprint density at radius 1 is 1.26 bits per heavy atom. The fraction of sp³-hybridized carbons (Fsp3) is 0.250. The molecule has 0 aliphatic heterocycles. The molecule has 0 aliphatic rings. The zero-order valence-electron chi connectivity index (χ0n) is 13.0. The summed E-state index contributed by atoms with van der Waals surface area (Å²) < 4.78 is 6.97. The van der Waals surface area contributed by atoms with Crippen LogP contribution < -0.4 is 5.32 Å².